The zero-order valence-electron chi connectivity index (χ0n) is 16.4. The first kappa shape index (κ1) is 19.5. The molecule has 1 amide bonds. The predicted molar refractivity (Wildman–Crippen MR) is 117 cm³/mol. The number of nitrogens with zero attached hydrogens (tertiary/aromatic N) is 1. The van der Waals surface area contributed by atoms with E-state index in [1.54, 1.807) is 12.1 Å². The maximum Gasteiger partial charge on any atom is 0.248 e. The van der Waals surface area contributed by atoms with Crippen LogP contribution in [-0.2, 0) is 6.54 Å². The Kier molecular flexibility index (Phi) is 5.99. The number of anilines is 2. The highest BCUT2D eigenvalue weighted by atomic mass is 16.1. The summed E-state index contributed by atoms with van der Waals surface area (Å²) >= 11 is 0. The van der Waals surface area contributed by atoms with E-state index in [0.29, 0.717) is 18.0 Å². The second-order valence-electron chi connectivity index (χ2n) is 7.48. The van der Waals surface area contributed by atoms with Gasteiger partial charge in [0.1, 0.15) is 0 Å². The summed E-state index contributed by atoms with van der Waals surface area (Å²) in [7, 11) is 0. The second-order valence-corrected chi connectivity index (χ2v) is 7.48. The number of carbonyl (C=O) groups excluding carboxylic acids is 1. The van der Waals surface area contributed by atoms with E-state index in [-0.39, 0.29) is 0 Å². The van der Waals surface area contributed by atoms with Crippen LogP contribution in [0.5, 0.6) is 0 Å². The third-order valence-corrected chi connectivity index (χ3v) is 4.68. The van der Waals surface area contributed by atoms with E-state index in [9.17, 15) is 4.79 Å². The van der Waals surface area contributed by atoms with Crippen molar-refractivity contribution in [2.24, 2.45) is 11.7 Å². The second kappa shape index (κ2) is 8.61. The van der Waals surface area contributed by atoms with Crippen LogP contribution in [0, 0.1) is 5.92 Å². The molecule has 0 saturated carbocycles. The van der Waals surface area contributed by atoms with Crippen LogP contribution in [-0.4, -0.2) is 12.5 Å². The summed E-state index contributed by atoms with van der Waals surface area (Å²) in [5, 5.41) is 0. The van der Waals surface area contributed by atoms with Gasteiger partial charge in [0.05, 0.1) is 11.4 Å². The number of amides is 1. The zero-order chi connectivity index (χ0) is 20.1. The van der Waals surface area contributed by atoms with Gasteiger partial charge in [0, 0.05) is 18.7 Å². The minimum atomic E-state index is -0.412. The number of hydrogen-bond donors (Lipinski definition) is 2. The molecule has 0 aliphatic heterocycles. The quantitative estimate of drug-likeness (QED) is 0.590. The molecule has 4 heteroatoms. The van der Waals surface area contributed by atoms with Crippen molar-refractivity contribution in [2.45, 2.75) is 20.4 Å². The molecule has 4 N–H and O–H groups in total. The van der Waals surface area contributed by atoms with Crippen LogP contribution in [0.4, 0.5) is 11.4 Å². The molecular weight excluding hydrogens is 346 g/mol. The highest BCUT2D eigenvalue weighted by molar-refractivity contribution is 5.92. The lowest BCUT2D eigenvalue weighted by Gasteiger charge is -2.29. The van der Waals surface area contributed by atoms with Crippen LogP contribution in [0.2, 0.25) is 0 Å². The van der Waals surface area contributed by atoms with Crippen LogP contribution >= 0.6 is 0 Å². The van der Waals surface area contributed by atoms with E-state index in [1.807, 2.05) is 36.4 Å². The van der Waals surface area contributed by atoms with E-state index in [0.717, 1.165) is 29.0 Å². The Bertz CT molecular complexity index is 934. The van der Waals surface area contributed by atoms with Gasteiger partial charge in [-0.1, -0.05) is 62.4 Å². The van der Waals surface area contributed by atoms with Gasteiger partial charge in [-0.05, 0) is 46.9 Å². The van der Waals surface area contributed by atoms with Gasteiger partial charge >= 0.3 is 0 Å². The molecule has 0 saturated heterocycles. The number of carbonyl (C=O) groups is 1. The average molecular weight is 374 g/mol. The first-order chi connectivity index (χ1) is 13.4. The molecule has 28 heavy (non-hydrogen) atoms. The topological polar surface area (TPSA) is 72.3 Å². The number of rotatable bonds is 7. The van der Waals surface area contributed by atoms with E-state index in [4.69, 9.17) is 11.5 Å². The molecule has 0 atom stereocenters. The van der Waals surface area contributed by atoms with Crippen molar-refractivity contribution >= 4 is 17.3 Å². The molecule has 0 spiro atoms. The van der Waals surface area contributed by atoms with Crippen molar-refractivity contribution in [3.05, 3.63) is 83.9 Å². The molecule has 4 nitrogen and oxygen atoms in total. The van der Waals surface area contributed by atoms with Crippen LogP contribution < -0.4 is 16.4 Å². The standard InChI is InChI=1S/C24H27N3O/c1-17(2)15-27(16-18-8-10-20(11-9-18)24(26)28)23-14-21(12-13-22(23)25)19-6-4-3-5-7-19/h3-14,17H,15-16,25H2,1-2H3,(H2,26,28). The maximum absolute atomic E-state index is 11.3. The lowest BCUT2D eigenvalue weighted by molar-refractivity contribution is 0.100. The number of primary amides is 1. The van der Waals surface area contributed by atoms with E-state index < -0.39 is 5.91 Å². The number of nitrogen functional groups attached to an aromatic ring is 1. The molecule has 3 rings (SSSR count). The Balaban J connectivity index is 1.94. The zero-order valence-corrected chi connectivity index (χ0v) is 16.4. The van der Waals surface area contributed by atoms with E-state index in [2.05, 4.69) is 43.0 Å². The monoisotopic (exact) mass is 373 g/mol. The Morgan fingerprint density at radius 2 is 1.61 bits per heavy atom. The van der Waals surface area contributed by atoms with Crippen LogP contribution in [0.1, 0.15) is 29.8 Å². The molecule has 144 valence electrons. The molecule has 3 aromatic carbocycles. The van der Waals surface area contributed by atoms with Crippen molar-refractivity contribution in [3.8, 4) is 11.1 Å². The van der Waals surface area contributed by atoms with E-state index >= 15 is 0 Å². The summed E-state index contributed by atoms with van der Waals surface area (Å²) in [5.74, 6) is 0.0649. The van der Waals surface area contributed by atoms with Crippen molar-refractivity contribution in [3.63, 3.8) is 0 Å². The summed E-state index contributed by atoms with van der Waals surface area (Å²) in [4.78, 5) is 13.6. The summed E-state index contributed by atoms with van der Waals surface area (Å²) in [5.41, 5.74) is 17.4. The van der Waals surface area contributed by atoms with Gasteiger partial charge in [-0.15, -0.1) is 0 Å². The SMILES string of the molecule is CC(C)CN(Cc1ccc(C(N)=O)cc1)c1cc(-c2ccccc2)ccc1N. The summed E-state index contributed by atoms with van der Waals surface area (Å²) in [6.45, 7) is 5.97. The third-order valence-electron chi connectivity index (χ3n) is 4.68. The average Bonchev–Trinajstić information content (AvgIpc) is 2.68. The largest absolute Gasteiger partial charge is 0.397 e. The van der Waals surface area contributed by atoms with Gasteiger partial charge in [0.15, 0.2) is 0 Å². The first-order valence-corrected chi connectivity index (χ1v) is 9.52. The van der Waals surface area contributed by atoms with Crippen molar-refractivity contribution in [1.82, 2.24) is 0 Å². The number of nitrogens with two attached hydrogens (primary N) is 2. The molecule has 0 aliphatic carbocycles. The minimum absolute atomic E-state index is 0.412. The fourth-order valence-corrected chi connectivity index (χ4v) is 3.31. The van der Waals surface area contributed by atoms with Gasteiger partial charge in [-0.25, -0.2) is 0 Å². The van der Waals surface area contributed by atoms with Gasteiger partial charge < -0.3 is 16.4 Å². The Hall–Kier alpha value is -3.27. The maximum atomic E-state index is 11.3. The predicted octanol–water partition coefficient (Wildman–Crippen LogP) is 4.70. The van der Waals surface area contributed by atoms with Gasteiger partial charge in [0.25, 0.3) is 0 Å². The summed E-state index contributed by atoms with van der Waals surface area (Å²) in [6, 6.07) is 23.9. The summed E-state index contributed by atoms with van der Waals surface area (Å²) in [6.07, 6.45) is 0. The molecular formula is C24H27N3O. The van der Waals surface area contributed by atoms with Crippen molar-refractivity contribution < 1.29 is 4.79 Å². The molecule has 0 aromatic heterocycles. The molecule has 0 unspecified atom stereocenters. The van der Waals surface area contributed by atoms with Crippen molar-refractivity contribution in [2.75, 3.05) is 17.2 Å². The molecule has 0 bridgehead atoms. The Morgan fingerprint density at radius 3 is 2.21 bits per heavy atom. The third kappa shape index (κ3) is 4.71. The molecule has 0 heterocycles. The molecule has 0 fully saturated rings. The Morgan fingerprint density at radius 1 is 0.929 bits per heavy atom. The fraction of sp³-hybridized carbons (Fsp3) is 0.208. The fourth-order valence-electron chi connectivity index (χ4n) is 3.31. The van der Waals surface area contributed by atoms with Crippen LogP contribution in [0.25, 0.3) is 11.1 Å². The van der Waals surface area contributed by atoms with Crippen LogP contribution in [0.15, 0.2) is 72.8 Å². The molecule has 0 aliphatic rings. The van der Waals surface area contributed by atoms with E-state index in [1.165, 1.54) is 5.56 Å². The first-order valence-electron chi connectivity index (χ1n) is 9.52. The minimum Gasteiger partial charge on any atom is -0.397 e. The highest BCUT2D eigenvalue weighted by Crippen LogP contribution is 2.31. The van der Waals surface area contributed by atoms with Gasteiger partial charge in [-0.2, -0.15) is 0 Å². The lowest BCUT2D eigenvalue weighted by Crippen LogP contribution is -2.28. The molecule has 3 aromatic rings. The lowest BCUT2D eigenvalue weighted by atomic mass is 10.0. The van der Waals surface area contributed by atoms with Gasteiger partial charge in [-0.3, -0.25) is 4.79 Å². The molecule has 0 radical (unpaired) electrons. The van der Waals surface area contributed by atoms with Crippen molar-refractivity contribution in [1.29, 1.82) is 0 Å². The number of benzene rings is 3. The normalized spacial score (nSPS) is 10.8. The number of hydrogen-bond acceptors (Lipinski definition) is 3. The Labute approximate surface area is 166 Å². The smallest absolute Gasteiger partial charge is 0.248 e. The van der Waals surface area contributed by atoms with Crippen LogP contribution in [0.3, 0.4) is 0 Å². The highest BCUT2D eigenvalue weighted by Gasteiger charge is 2.14. The van der Waals surface area contributed by atoms with Gasteiger partial charge in [0.2, 0.25) is 5.91 Å². The summed E-state index contributed by atoms with van der Waals surface area (Å²) < 4.78 is 0.